The Morgan fingerprint density at radius 2 is 1.79 bits per heavy atom. The van der Waals surface area contributed by atoms with Gasteiger partial charge < -0.3 is 14.2 Å². The van der Waals surface area contributed by atoms with E-state index in [1.165, 1.54) is 23.4 Å². The molecule has 5 heteroatoms. The fraction of sp³-hybridized carbons (Fsp3) is 0.348. The van der Waals surface area contributed by atoms with Crippen LogP contribution in [0.3, 0.4) is 0 Å². The number of quaternary nitrogens is 1. The van der Waals surface area contributed by atoms with Crippen LogP contribution in [-0.2, 0) is 11.3 Å². The molecule has 0 bridgehead atoms. The molecule has 0 amide bonds. The smallest absolute Gasteiger partial charge is 0.190 e. The third-order valence-electron chi connectivity index (χ3n) is 5.24. The van der Waals surface area contributed by atoms with Crippen LogP contribution >= 0.6 is 11.3 Å². The lowest BCUT2D eigenvalue weighted by Crippen LogP contribution is -3.14. The summed E-state index contributed by atoms with van der Waals surface area (Å²) < 4.78 is 7.87. The summed E-state index contributed by atoms with van der Waals surface area (Å²) in [5.74, 6) is 0. The van der Waals surface area contributed by atoms with Crippen molar-refractivity contribution in [2.75, 3.05) is 32.8 Å². The molecule has 0 radical (unpaired) electrons. The summed E-state index contributed by atoms with van der Waals surface area (Å²) in [5.41, 5.74) is 4.78. The number of rotatable bonds is 6. The maximum atomic E-state index is 5.48. The van der Waals surface area contributed by atoms with E-state index >= 15 is 0 Å². The fourth-order valence-corrected chi connectivity index (χ4v) is 4.56. The average Bonchev–Trinajstić information content (AvgIpc) is 3.13. The molecule has 2 heterocycles. The molecule has 4 nitrogen and oxygen atoms in total. The summed E-state index contributed by atoms with van der Waals surface area (Å²) in [4.78, 5) is 7.67. The van der Waals surface area contributed by atoms with Crippen LogP contribution in [0, 0.1) is 6.92 Å². The van der Waals surface area contributed by atoms with E-state index in [0.29, 0.717) is 0 Å². The van der Waals surface area contributed by atoms with Gasteiger partial charge in [0, 0.05) is 18.3 Å². The maximum absolute atomic E-state index is 5.48. The zero-order valence-electron chi connectivity index (χ0n) is 16.4. The van der Waals surface area contributed by atoms with E-state index in [1.54, 1.807) is 16.2 Å². The minimum absolute atomic E-state index is 0.893. The summed E-state index contributed by atoms with van der Waals surface area (Å²) >= 11 is 1.73. The Hall–Kier alpha value is -2.21. The Labute approximate surface area is 170 Å². The first kappa shape index (κ1) is 19.1. The number of aromatic nitrogens is 1. The summed E-state index contributed by atoms with van der Waals surface area (Å²) in [6, 6.07) is 19.1. The van der Waals surface area contributed by atoms with Gasteiger partial charge in [-0.3, -0.25) is 0 Å². The number of nitrogens with zero attached hydrogens (tertiary/aromatic N) is 2. The van der Waals surface area contributed by atoms with E-state index in [2.05, 4.69) is 71.5 Å². The Morgan fingerprint density at radius 3 is 2.54 bits per heavy atom. The minimum atomic E-state index is 0.893. The number of nitrogens with one attached hydrogen (secondary N) is 1. The molecule has 28 heavy (non-hydrogen) atoms. The average molecular weight is 395 g/mol. The molecule has 0 saturated carbocycles. The second-order valence-corrected chi connectivity index (χ2v) is 8.17. The highest BCUT2D eigenvalue weighted by Crippen LogP contribution is 2.21. The van der Waals surface area contributed by atoms with Gasteiger partial charge in [-0.2, -0.15) is 0 Å². The van der Waals surface area contributed by atoms with Gasteiger partial charge in [-0.1, -0.05) is 48.0 Å². The molecule has 2 aromatic carbocycles. The molecular weight excluding hydrogens is 366 g/mol. The van der Waals surface area contributed by atoms with Gasteiger partial charge in [-0.25, -0.2) is 4.99 Å². The molecule has 1 N–H and O–H groups in total. The van der Waals surface area contributed by atoms with Gasteiger partial charge in [-0.15, -0.1) is 11.3 Å². The highest BCUT2D eigenvalue weighted by atomic mass is 32.1. The minimum Gasteiger partial charge on any atom is -0.370 e. The second-order valence-electron chi connectivity index (χ2n) is 7.33. The van der Waals surface area contributed by atoms with Crippen LogP contribution in [0.2, 0.25) is 0 Å². The Morgan fingerprint density at radius 1 is 1.04 bits per heavy atom. The highest BCUT2D eigenvalue weighted by Gasteiger charge is 2.14. The molecule has 1 fully saturated rings. The van der Waals surface area contributed by atoms with Crippen molar-refractivity contribution in [3.8, 4) is 11.3 Å². The first-order valence-electron chi connectivity index (χ1n) is 10.1. The zero-order valence-corrected chi connectivity index (χ0v) is 17.3. The topological polar surface area (TPSA) is 31.0 Å². The van der Waals surface area contributed by atoms with E-state index in [9.17, 15) is 0 Å². The van der Waals surface area contributed by atoms with Gasteiger partial charge in [0.2, 0.25) is 0 Å². The number of ether oxygens (including phenoxy) is 1. The number of hydrogen-bond acceptors (Lipinski definition) is 3. The molecule has 1 aliphatic heterocycles. The molecule has 0 spiro atoms. The van der Waals surface area contributed by atoms with Gasteiger partial charge >= 0.3 is 0 Å². The lowest BCUT2D eigenvalue weighted by molar-refractivity contribution is -0.908. The predicted octanol–water partition coefficient (Wildman–Crippen LogP) is 3.06. The quantitative estimate of drug-likeness (QED) is 0.684. The molecule has 1 aromatic heterocycles. The van der Waals surface area contributed by atoms with Crippen LogP contribution in [0.4, 0.5) is 5.69 Å². The molecule has 1 saturated heterocycles. The van der Waals surface area contributed by atoms with Crippen molar-refractivity contribution in [1.29, 1.82) is 0 Å². The fourth-order valence-electron chi connectivity index (χ4n) is 3.60. The molecular formula is C23H28N3OS+. The number of benzene rings is 2. The van der Waals surface area contributed by atoms with Crippen molar-refractivity contribution in [2.24, 2.45) is 4.99 Å². The molecule has 1 aliphatic rings. The van der Waals surface area contributed by atoms with Crippen LogP contribution in [0.1, 0.15) is 12.0 Å². The molecule has 146 valence electrons. The van der Waals surface area contributed by atoms with Crippen molar-refractivity contribution in [2.45, 2.75) is 19.9 Å². The van der Waals surface area contributed by atoms with E-state index in [4.69, 9.17) is 9.73 Å². The summed E-state index contributed by atoms with van der Waals surface area (Å²) in [7, 11) is 0. The lowest BCUT2D eigenvalue weighted by atomic mass is 10.2. The number of hydrogen-bond donors (Lipinski definition) is 1. The van der Waals surface area contributed by atoms with Crippen LogP contribution in [0.25, 0.3) is 11.3 Å². The Bertz CT molecular complexity index is 938. The van der Waals surface area contributed by atoms with Crippen LogP contribution in [0.5, 0.6) is 0 Å². The first-order valence-corrected chi connectivity index (χ1v) is 10.9. The lowest BCUT2D eigenvalue weighted by Gasteiger charge is -2.23. The van der Waals surface area contributed by atoms with Gasteiger partial charge in [0.1, 0.15) is 13.1 Å². The zero-order chi connectivity index (χ0) is 19.2. The normalized spacial score (nSPS) is 15.8. The molecule has 0 atom stereocenters. The van der Waals surface area contributed by atoms with Crippen LogP contribution in [-0.4, -0.2) is 37.4 Å². The highest BCUT2D eigenvalue weighted by molar-refractivity contribution is 7.07. The van der Waals surface area contributed by atoms with E-state index in [-0.39, 0.29) is 0 Å². The molecule has 0 unspecified atom stereocenters. The van der Waals surface area contributed by atoms with Crippen LogP contribution < -0.4 is 9.70 Å². The second kappa shape index (κ2) is 9.32. The van der Waals surface area contributed by atoms with Crippen molar-refractivity contribution in [3.63, 3.8) is 0 Å². The van der Waals surface area contributed by atoms with E-state index < -0.39 is 0 Å². The van der Waals surface area contributed by atoms with Gasteiger partial charge in [-0.05, 0) is 24.6 Å². The van der Waals surface area contributed by atoms with Gasteiger partial charge in [0.25, 0.3) is 0 Å². The van der Waals surface area contributed by atoms with Crippen LogP contribution in [0.15, 0.2) is 65.0 Å². The molecule has 4 rings (SSSR count). The van der Waals surface area contributed by atoms with Gasteiger partial charge in [0.05, 0.1) is 31.1 Å². The maximum Gasteiger partial charge on any atom is 0.190 e. The summed E-state index contributed by atoms with van der Waals surface area (Å²) in [6.45, 7) is 8.32. The summed E-state index contributed by atoms with van der Waals surface area (Å²) in [5, 5.41) is 2.24. The Balaban J connectivity index is 1.60. The Kier molecular flexibility index (Phi) is 6.37. The van der Waals surface area contributed by atoms with E-state index in [1.807, 2.05) is 0 Å². The monoisotopic (exact) mass is 394 g/mol. The number of thiazole rings is 1. The molecule has 0 aliphatic carbocycles. The number of aryl methyl sites for hydroxylation is 1. The summed E-state index contributed by atoms with van der Waals surface area (Å²) in [6.07, 6.45) is 1.15. The largest absolute Gasteiger partial charge is 0.370 e. The third kappa shape index (κ3) is 4.79. The first-order chi connectivity index (χ1) is 13.8. The molecule has 3 aromatic rings. The van der Waals surface area contributed by atoms with Crippen molar-refractivity contribution < 1.29 is 9.64 Å². The SMILES string of the molecule is Cc1ccc(N=c2scc(-c3ccccc3)n2CCC[NH+]2CCOCC2)cc1. The third-order valence-corrected chi connectivity index (χ3v) is 6.10. The predicted molar refractivity (Wildman–Crippen MR) is 115 cm³/mol. The number of morpholine rings is 1. The van der Waals surface area contributed by atoms with E-state index in [0.717, 1.165) is 49.8 Å². The van der Waals surface area contributed by atoms with Crippen molar-refractivity contribution in [1.82, 2.24) is 4.57 Å². The van der Waals surface area contributed by atoms with Crippen molar-refractivity contribution >= 4 is 17.0 Å². The van der Waals surface area contributed by atoms with Crippen molar-refractivity contribution in [3.05, 3.63) is 70.3 Å². The standard InChI is InChI=1S/C23H27N3OS/c1-19-8-10-21(11-9-19)24-23-26(13-5-12-25-14-16-27-17-15-25)22(18-28-23)20-6-3-2-4-7-20/h2-4,6-11,18H,5,12-17H2,1H3/p+1. The van der Waals surface area contributed by atoms with Gasteiger partial charge in [0.15, 0.2) is 4.80 Å².